The van der Waals surface area contributed by atoms with E-state index in [0.29, 0.717) is 36.2 Å². The van der Waals surface area contributed by atoms with E-state index >= 15 is 0 Å². The summed E-state index contributed by atoms with van der Waals surface area (Å²) in [5.74, 6) is 0.627. The largest absolute Gasteiger partial charge is 0.511 e. The summed E-state index contributed by atoms with van der Waals surface area (Å²) in [5, 5.41) is 9.13. The van der Waals surface area contributed by atoms with Crippen LogP contribution in [0.3, 0.4) is 0 Å². The minimum Gasteiger partial charge on any atom is -0.356 e. The van der Waals surface area contributed by atoms with Crippen molar-refractivity contribution in [1.82, 2.24) is 19.9 Å². The zero-order chi connectivity index (χ0) is 20.9. The molecule has 0 radical (unpaired) electrons. The molecular weight excluding hydrogens is 544 g/mol. The van der Waals surface area contributed by atoms with Crippen molar-refractivity contribution >= 4 is 56.4 Å². The molecule has 0 spiro atoms. The van der Waals surface area contributed by atoms with Gasteiger partial charge in [-0.25, -0.2) is 13.4 Å². The van der Waals surface area contributed by atoms with Crippen molar-refractivity contribution in [1.29, 1.82) is 0 Å². The van der Waals surface area contributed by atoms with E-state index in [9.17, 15) is 21.6 Å². The molecule has 2 N–H and O–H groups in total. The lowest BCUT2D eigenvalue weighted by Gasteiger charge is -2.31. The molecule has 1 aromatic heterocycles. The predicted molar refractivity (Wildman–Crippen MR) is 119 cm³/mol. The van der Waals surface area contributed by atoms with Crippen LogP contribution in [0.2, 0.25) is 0 Å². The number of guanidine groups is 1. The molecule has 0 aromatic carbocycles. The molecule has 8 nitrogen and oxygen atoms in total. The fourth-order valence-corrected chi connectivity index (χ4v) is 4.46. The number of sulfonamides is 1. The first-order valence-electron chi connectivity index (χ1n) is 8.67. The second-order valence-electron chi connectivity index (χ2n) is 6.62. The van der Waals surface area contributed by atoms with Crippen LogP contribution in [0.5, 0.6) is 0 Å². The number of halogens is 4. The smallest absolute Gasteiger partial charge is 0.356 e. The van der Waals surface area contributed by atoms with E-state index in [4.69, 9.17) is 0 Å². The predicted octanol–water partition coefficient (Wildman–Crippen LogP) is 2.05. The Hall–Kier alpha value is -0.870. The van der Waals surface area contributed by atoms with Crippen LogP contribution in [0.1, 0.15) is 18.5 Å². The zero-order valence-electron chi connectivity index (χ0n) is 16.4. The molecule has 0 aliphatic carbocycles. The Bertz CT molecular complexity index is 777. The highest BCUT2D eigenvalue weighted by Crippen LogP contribution is 2.30. The summed E-state index contributed by atoms with van der Waals surface area (Å²) in [6, 6.07) is 0. The van der Waals surface area contributed by atoms with Crippen LogP contribution in [0.25, 0.3) is 0 Å². The molecular formula is C15H26F3IN6O2S2. The Morgan fingerprint density at radius 2 is 1.97 bits per heavy atom. The Morgan fingerprint density at radius 3 is 2.45 bits per heavy atom. The molecule has 2 heterocycles. The van der Waals surface area contributed by atoms with Gasteiger partial charge in [-0.15, -0.1) is 35.3 Å². The Labute approximate surface area is 190 Å². The number of rotatable bonds is 6. The van der Waals surface area contributed by atoms with Crippen molar-refractivity contribution in [2.24, 2.45) is 10.9 Å². The first kappa shape index (κ1) is 26.2. The van der Waals surface area contributed by atoms with Gasteiger partial charge < -0.3 is 15.5 Å². The van der Waals surface area contributed by atoms with Crippen LogP contribution < -0.4 is 15.5 Å². The van der Waals surface area contributed by atoms with E-state index in [1.807, 2.05) is 24.4 Å². The van der Waals surface area contributed by atoms with Crippen molar-refractivity contribution in [3.05, 3.63) is 11.1 Å². The van der Waals surface area contributed by atoms with Gasteiger partial charge in [0.1, 0.15) is 0 Å². The van der Waals surface area contributed by atoms with Gasteiger partial charge >= 0.3 is 15.5 Å². The lowest BCUT2D eigenvalue weighted by Crippen LogP contribution is -2.47. The molecule has 1 saturated heterocycles. The van der Waals surface area contributed by atoms with E-state index in [0.717, 1.165) is 10.8 Å². The van der Waals surface area contributed by atoms with Crippen LogP contribution in [-0.2, 0) is 16.6 Å². The van der Waals surface area contributed by atoms with Gasteiger partial charge in [-0.2, -0.15) is 17.5 Å². The summed E-state index contributed by atoms with van der Waals surface area (Å²) in [4.78, 5) is 10.5. The van der Waals surface area contributed by atoms with Crippen LogP contribution in [-0.4, -0.2) is 70.0 Å². The first-order valence-corrected chi connectivity index (χ1v) is 11.0. The summed E-state index contributed by atoms with van der Waals surface area (Å²) in [6.45, 7) is 0.727. The molecule has 0 amide bonds. The van der Waals surface area contributed by atoms with Gasteiger partial charge in [0.15, 0.2) is 11.1 Å². The maximum absolute atomic E-state index is 12.6. The third-order valence-electron chi connectivity index (χ3n) is 4.35. The number of aromatic nitrogens is 1. The molecule has 168 valence electrons. The van der Waals surface area contributed by atoms with Gasteiger partial charge in [0.2, 0.25) is 0 Å². The quantitative estimate of drug-likeness (QED) is 0.309. The van der Waals surface area contributed by atoms with Gasteiger partial charge in [-0.05, 0) is 18.8 Å². The van der Waals surface area contributed by atoms with Gasteiger partial charge in [0, 0.05) is 46.2 Å². The van der Waals surface area contributed by atoms with E-state index in [1.54, 1.807) is 7.05 Å². The van der Waals surface area contributed by atoms with Crippen LogP contribution >= 0.6 is 35.3 Å². The Balaban J connectivity index is 0.00000420. The van der Waals surface area contributed by atoms with Gasteiger partial charge in [-0.1, -0.05) is 0 Å². The Morgan fingerprint density at radius 1 is 1.34 bits per heavy atom. The summed E-state index contributed by atoms with van der Waals surface area (Å²) >= 11 is 1.54. The molecule has 1 aliphatic rings. The molecule has 2 rings (SSSR count). The van der Waals surface area contributed by atoms with E-state index in [2.05, 4.69) is 20.6 Å². The third kappa shape index (κ3) is 7.10. The summed E-state index contributed by atoms with van der Waals surface area (Å²) in [7, 11) is 0.227. The monoisotopic (exact) mass is 570 g/mol. The van der Waals surface area contributed by atoms with Gasteiger partial charge in [0.05, 0.1) is 12.2 Å². The van der Waals surface area contributed by atoms with Crippen molar-refractivity contribution in [3.63, 3.8) is 0 Å². The summed E-state index contributed by atoms with van der Waals surface area (Å²) in [5.41, 5.74) is -4.37. The number of nitrogens with one attached hydrogen (secondary N) is 2. The molecule has 1 aromatic rings. The summed E-state index contributed by atoms with van der Waals surface area (Å²) < 4.78 is 61.2. The molecule has 0 saturated carbocycles. The van der Waals surface area contributed by atoms with Crippen LogP contribution in [0, 0.1) is 5.92 Å². The fourth-order valence-electron chi connectivity index (χ4n) is 2.72. The third-order valence-corrected chi connectivity index (χ3v) is 7.03. The molecule has 0 bridgehead atoms. The van der Waals surface area contributed by atoms with Gasteiger partial charge in [0.25, 0.3) is 0 Å². The van der Waals surface area contributed by atoms with E-state index in [1.165, 1.54) is 11.3 Å². The highest BCUT2D eigenvalue weighted by atomic mass is 127. The highest BCUT2D eigenvalue weighted by molar-refractivity contribution is 14.0. The van der Waals surface area contributed by atoms with Crippen LogP contribution in [0.15, 0.2) is 10.4 Å². The van der Waals surface area contributed by atoms with Crippen molar-refractivity contribution in [2.75, 3.05) is 45.7 Å². The maximum Gasteiger partial charge on any atom is 0.511 e. The number of thiazole rings is 1. The standard InChI is InChI=1S/C15H25F3N6O2S2.HI/c1-19-13(21-9-12-10-27-14(22-12)23(2)3)20-8-11-4-6-24(7-5-11)28(25,26)15(16,17)18;/h10-11H,4-9H2,1-3H3,(H2,19,20,21);1H. The molecule has 1 aliphatic heterocycles. The molecule has 1 fully saturated rings. The lowest BCUT2D eigenvalue weighted by atomic mass is 9.98. The Kier molecular flexibility index (Phi) is 9.88. The van der Waals surface area contributed by atoms with Crippen molar-refractivity contribution < 1.29 is 21.6 Å². The maximum atomic E-state index is 12.6. The number of anilines is 1. The van der Waals surface area contributed by atoms with Crippen molar-refractivity contribution in [2.45, 2.75) is 24.9 Å². The number of nitrogens with zero attached hydrogens (tertiary/aromatic N) is 4. The second-order valence-corrected chi connectivity index (χ2v) is 9.38. The van der Waals surface area contributed by atoms with Crippen molar-refractivity contribution in [3.8, 4) is 0 Å². The van der Waals surface area contributed by atoms with Crippen LogP contribution in [0.4, 0.5) is 18.3 Å². The van der Waals surface area contributed by atoms with Gasteiger partial charge in [-0.3, -0.25) is 4.99 Å². The molecule has 0 unspecified atom stereocenters. The van der Waals surface area contributed by atoms with E-state index < -0.39 is 15.5 Å². The summed E-state index contributed by atoms with van der Waals surface area (Å²) in [6.07, 6.45) is 0.717. The highest BCUT2D eigenvalue weighted by Gasteiger charge is 2.50. The minimum atomic E-state index is -5.24. The van der Waals surface area contributed by atoms with E-state index in [-0.39, 0.29) is 43.0 Å². The number of hydrogen-bond donors (Lipinski definition) is 2. The first-order chi connectivity index (χ1) is 13.0. The average molecular weight is 570 g/mol. The number of aliphatic imine (C=N–C) groups is 1. The lowest BCUT2D eigenvalue weighted by molar-refractivity contribution is -0.0496. The minimum absolute atomic E-state index is 0. The topological polar surface area (TPSA) is 89.9 Å². The number of hydrogen-bond acceptors (Lipinski definition) is 6. The number of alkyl halides is 3. The molecule has 14 heteroatoms. The average Bonchev–Trinajstić information content (AvgIpc) is 3.10. The molecule has 29 heavy (non-hydrogen) atoms. The molecule has 0 atom stereocenters. The fraction of sp³-hybridized carbons (Fsp3) is 0.733. The second kappa shape index (κ2) is 10.9. The SMILES string of the molecule is CN=C(NCc1csc(N(C)C)n1)NCC1CCN(S(=O)(=O)C(F)(F)F)CC1.I. The number of piperidine rings is 1. The normalized spacial score (nSPS) is 17.0. The zero-order valence-corrected chi connectivity index (χ0v) is 20.3.